The number of hydrogen-bond acceptors (Lipinski definition) is 1. The first-order chi connectivity index (χ1) is 12.7. The monoisotopic (exact) mass is 427 g/mol. The first kappa shape index (κ1) is 24.1. The van der Waals surface area contributed by atoms with Crippen LogP contribution in [0.3, 0.4) is 0 Å². The molecule has 1 atom stereocenters. The Labute approximate surface area is 178 Å². The molecule has 0 aromatic heterocycles. The summed E-state index contributed by atoms with van der Waals surface area (Å²) >= 11 is -2.52. The Morgan fingerprint density at radius 1 is 0.929 bits per heavy atom. The molecule has 0 bridgehead atoms. The second-order valence-electron chi connectivity index (χ2n) is 7.57. The number of nitrogens with one attached hydrogen (secondary N) is 1. The van der Waals surface area contributed by atoms with Gasteiger partial charge in [-0.2, -0.15) is 0 Å². The maximum Gasteiger partial charge on any atom is -0.0149 e. The Morgan fingerprint density at radius 2 is 1.46 bits per heavy atom. The molecule has 2 aromatic carbocycles. The average molecular weight is 427 g/mol. The number of fused-ring (bicyclic) bond motifs is 1. The second kappa shape index (κ2) is 10.6. The predicted octanol–water partition coefficient (Wildman–Crippen LogP) is 5.04. The molecule has 0 radical (unpaired) electrons. The van der Waals surface area contributed by atoms with Crippen molar-refractivity contribution < 1.29 is 21.6 Å². The smallest absolute Gasteiger partial charge is 0.0149 e. The summed E-state index contributed by atoms with van der Waals surface area (Å²) < 4.78 is 3.74. The van der Waals surface area contributed by atoms with Crippen molar-refractivity contribution in [1.29, 1.82) is 0 Å². The van der Waals surface area contributed by atoms with Crippen molar-refractivity contribution in [3.63, 3.8) is 0 Å². The van der Waals surface area contributed by atoms with Gasteiger partial charge in [-0.3, -0.25) is 0 Å². The third-order valence-corrected chi connectivity index (χ3v) is 9.35. The van der Waals surface area contributed by atoms with E-state index in [-0.39, 0.29) is 16.9 Å². The van der Waals surface area contributed by atoms with Gasteiger partial charge in [-0.25, -0.2) is 0 Å². The summed E-state index contributed by atoms with van der Waals surface area (Å²) in [7, 11) is 0. The SMILES string of the molecule is C=C(C)C(=C)C.[CH3][Ti]([CH3])([NH]C(=O)c1ccccc1)[CH]1C=Cc2ccccc21.[SiH4]. The maximum atomic E-state index is 12.4. The number of hydrogen-bond donors (Lipinski definition) is 1. The first-order valence-corrected chi connectivity index (χ1v) is 14.0. The molecule has 1 N–H and O–H groups in total. The van der Waals surface area contributed by atoms with Crippen LogP contribution in [0, 0.1) is 0 Å². The van der Waals surface area contributed by atoms with Gasteiger partial charge in [-0.15, -0.1) is 0 Å². The van der Waals surface area contributed by atoms with Gasteiger partial charge in [0.2, 0.25) is 0 Å². The normalized spacial score (nSPS) is 14.1. The average Bonchev–Trinajstić information content (AvgIpc) is 3.07. The molecule has 1 unspecified atom stereocenters. The van der Waals surface area contributed by atoms with Crippen molar-refractivity contribution in [2.75, 3.05) is 0 Å². The van der Waals surface area contributed by atoms with Gasteiger partial charge >= 0.3 is 129 Å². The molecule has 4 heteroatoms. The summed E-state index contributed by atoms with van der Waals surface area (Å²) in [5.41, 5.74) is 5.52. The van der Waals surface area contributed by atoms with E-state index in [0.717, 1.165) is 16.7 Å². The van der Waals surface area contributed by atoms with Crippen LogP contribution in [0.4, 0.5) is 0 Å². The van der Waals surface area contributed by atoms with Crippen molar-refractivity contribution in [3.8, 4) is 0 Å². The summed E-state index contributed by atoms with van der Waals surface area (Å²) in [6.45, 7) is 11.2. The van der Waals surface area contributed by atoms with Crippen LogP contribution < -0.4 is 3.80 Å². The molecular weight excluding hydrogens is 394 g/mol. The van der Waals surface area contributed by atoms with E-state index in [4.69, 9.17) is 0 Å². The van der Waals surface area contributed by atoms with E-state index >= 15 is 0 Å². The van der Waals surface area contributed by atoms with E-state index in [0.29, 0.717) is 4.22 Å². The second-order valence-corrected chi connectivity index (χ2v) is 14.3. The number of benzene rings is 2. The number of allylic oxidation sites excluding steroid dienone is 3. The van der Waals surface area contributed by atoms with Crippen LogP contribution in [0.25, 0.3) is 6.08 Å². The Morgan fingerprint density at radius 3 is 2.04 bits per heavy atom. The molecule has 2 aromatic rings. The van der Waals surface area contributed by atoms with E-state index < -0.39 is 16.8 Å². The summed E-state index contributed by atoms with van der Waals surface area (Å²) in [5, 5.41) is 4.52. The standard InChI is InChI=1S/C9H7.C7H7NO.C6H10.2CH3.H4Si.Ti/c1-2-5-9-7-3-6-8(9)4-1;8-7(9)6-4-2-1-3-5-6;1-5(2)6(3)4;;;;/h1-7H;1-5H,(H2,8,9);1,3H2,2,4H3;2*1H3;1H4;/q;;;;;;+1/p-1. The van der Waals surface area contributed by atoms with Gasteiger partial charge in [0.25, 0.3) is 0 Å². The Hall–Kier alpha value is -1.94. The van der Waals surface area contributed by atoms with Crippen molar-refractivity contribution >= 4 is 22.9 Å². The summed E-state index contributed by atoms with van der Waals surface area (Å²) in [5.74, 6) is 0.0541. The Kier molecular flexibility index (Phi) is 9.09. The van der Waals surface area contributed by atoms with Gasteiger partial charge in [0.05, 0.1) is 0 Å². The molecule has 148 valence electrons. The van der Waals surface area contributed by atoms with Gasteiger partial charge < -0.3 is 0 Å². The molecule has 2 nitrogen and oxygen atoms in total. The van der Waals surface area contributed by atoms with E-state index in [1.54, 1.807) is 0 Å². The Bertz CT molecular complexity index is 859. The third-order valence-electron chi connectivity index (χ3n) is 4.78. The number of carbonyl (C=O) groups is 1. The minimum Gasteiger partial charge on any atom is -0.0149 e. The molecular formula is C24H33NOSiTi. The van der Waals surface area contributed by atoms with E-state index in [1.807, 2.05) is 44.2 Å². The van der Waals surface area contributed by atoms with Crippen LogP contribution in [0.2, 0.25) is 10.5 Å². The van der Waals surface area contributed by atoms with Gasteiger partial charge in [0.15, 0.2) is 0 Å². The summed E-state index contributed by atoms with van der Waals surface area (Å²) in [6, 6.07) is 17.9. The number of amides is 1. The molecule has 0 aliphatic heterocycles. The molecule has 28 heavy (non-hydrogen) atoms. The van der Waals surface area contributed by atoms with Gasteiger partial charge in [-0.05, 0) is 24.8 Å². The van der Waals surface area contributed by atoms with E-state index in [9.17, 15) is 4.79 Å². The molecule has 1 amide bonds. The van der Waals surface area contributed by atoms with Crippen LogP contribution in [0.1, 0.15) is 39.6 Å². The van der Waals surface area contributed by atoms with Crippen LogP contribution in [-0.4, -0.2) is 16.9 Å². The molecule has 0 heterocycles. The fourth-order valence-electron chi connectivity index (χ4n) is 2.91. The summed E-state index contributed by atoms with van der Waals surface area (Å²) in [4.78, 5) is 12.4. The van der Waals surface area contributed by atoms with Crippen molar-refractivity contribution in [3.05, 3.63) is 102 Å². The maximum absolute atomic E-state index is 12.4. The molecule has 0 spiro atoms. The zero-order valence-corrected chi connectivity index (χ0v) is 18.3. The minimum absolute atomic E-state index is 0. The Balaban J connectivity index is 0.000000492. The number of carbonyl (C=O) groups excluding carboxylic acids is 1. The number of rotatable bonds is 4. The molecule has 1 aliphatic rings. The molecule has 0 saturated carbocycles. The fourth-order valence-corrected chi connectivity index (χ4v) is 6.82. The zero-order chi connectivity index (χ0) is 20.0. The first-order valence-electron chi connectivity index (χ1n) is 9.18. The van der Waals surface area contributed by atoms with Crippen LogP contribution in [-0.2, 0) is 16.8 Å². The van der Waals surface area contributed by atoms with Crippen molar-refractivity contribution in [1.82, 2.24) is 3.80 Å². The van der Waals surface area contributed by atoms with Crippen LogP contribution in [0.15, 0.2) is 85.0 Å². The molecule has 1 aliphatic carbocycles. The van der Waals surface area contributed by atoms with Gasteiger partial charge in [0.1, 0.15) is 0 Å². The summed E-state index contributed by atoms with van der Waals surface area (Å²) in [6.07, 6.45) is 4.44. The van der Waals surface area contributed by atoms with Crippen LogP contribution >= 0.6 is 0 Å². The molecule has 0 saturated heterocycles. The quantitative estimate of drug-likeness (QED) is 0.538. The van der Waals surface area contributed by atoms with Crippen LogP contribution in [0.5, 0.6) is 0 Å². The largest absolute Gasteiger partial charge is 0.0149 e. The molecule has 0 fully saturated rings. The fraction of sp³-hybridized carbons (Fsp3) is 0.208. The topological polar surface area (TPSA) is 29.1 Å². The van der Waals surface area contributed by atoms with Crippen molar-refractivity contribution in [2.24, 2.45) is 0 Å². The molecule has 3 rings (SSSR count). The minimum atomic E-state index is -2.52. The zero-order valence-electron chi connectivity index (χ0n) is 16.8. The predicted molar refractivity (Wildman–Crippen MR) is 125 cm³/mol. The third kappa shape index (κ3) is 6.30. The van der Waals surface area contributed by atoms with Crippen molar-refractivity contribution in [2.45, 2.75) is 28.5 Å². The van der Waals surface area contributed by atoms with Gasteiger partial charge in [0, 0.05) is 0 Å². The van der Waals surface area contributed by atoms with E-state index in [1.165, 1.54) is 11.1 Å². The van der Waals surface area contributed by atoms with E-state index in [2.05, 4.69) is 63.8 Å². The van der Waals surface area contributed by atoms with Gasteiger partial charge in [-0.1, -0.05) is 24.3 Å².